The minimum absolute atomic E-state index is 0.164. The minimum Gasteiger partial charge on any atom is -0.496 e. The van der Waals surface area contributed by atoms with Crippen molar-refractivity contribution in [2.45, 2.75) is 0 Å². The summed E-state index contributed by atoms with van der Waals surface area (Å²) in [6.45, 7) is 0.164. The highest BCUT2D eigenvalue weighted by Crippen LogP contribution is 2.37. The molecule has 0 fully saturated rings. The van der Waals surface area contributed by atoms with Crippen LogP contribution < -0.4 is 24.4 Å². The van der Waals surface area contributed by atoms with Crippen molar-refractivity contribution in [1.29, 1.82) is 0 Å². The fourth-order valence-electron chi connectivity index (χ4n) is 3.00. The Bertz CT molecular complexity index is 1080. The van der Waals surface area contributed by atoms with Gasteiger partial charge in [0, 0.05) is 11.6 Å². The predicted octanol–water partition coefficient (Wildman–Crippen LogP) is 3.35. The van der Waals surface area contributed by atoms with Crippen LogP contribution >= 0.6 is 0 Å². The van der Waals surface area contributed by atoms with Gasteiger partial charge in [0.25, 0.3) is 5.91 Å². The monoisotopic (exact) mass is 378 g/mol. The predicted molar refractivity (Wildman–Crippen MR) is 105 cm³/mol. The van der Waals surface area contributed by atoms with Crippen molar-refractivity contribution in [3.05, 3.63) is 59.7 Å². The van der Waals surface area contributed by atoms with E-state index in [1.165, 1.54) is 13.3 Å². The quantitative estimate of drug-likeness (QED) is 0.544. The summed E-state index contributed by atoms with van der Waals surface area (Å²) in [6.07, 6.45) is 1.49. The molecule has 1 amide bonds. The van der Waals surface area contributed by atoms with Gasteiger partial charge in [0.15, 0.2) is 11.5 Å². The van der Waals surface area contributed by atoms with E-state index in [4.69, 9.17) is 18.9 Å². The number of methoxy groups -OCH3 is 2. The van der Waals surface area contributed by atoms with Gasteiger partial charge in [0.05, 0.1) is 26.0 Å². The molecule has 0 atom stereocenters. The van der Waals surface area contributed by atoms with E-state index in [2.05, 4.69) is 10.5 Å². The van der Waals surface area contributed by atoms with Crippen molar-refractivity contribution in [3.8, 4) is 23.0 Å². The second kappa shape index (κ2) is 7.48. The van der Waals surface area contributed by atoms with Crippen molar-refractivity contribution in [2.24, 2.45) is 5.10 Å². The van der Waals surface area contributed by atoms with Crippen LogP contribution in [0, 0.1) is 0 Å². The summed E-state index contributed by atoms with van der Waals surface area (Å²) < 4.78 is 21.4. The fraction of sp³-hybridized carbons (Fsp3) is 0.143. The van der Waals surface area contributed by atoms with E-state index in [1.807, 2.05) is 30.3 Å². The number of hydrogen-bond acceptors (Lipinski definition) is 6. The Hall–Kier alpha value is -3.74. The van der Waals surface area contributed by atoms with Gasteiger partial charge in [-0.3, -0.25) is 4.79 Å². The lowest BCUT2D eigenvalue weighted by Crippen LogP contribution is -2.18. The van der Waals surface area contributed by atoms with Crippen molar-refractivity contribution in [2.75, 3.05) is 21.0 Å². The normalized spacial score (nSPS) is 12.4. The number of nitrogens with one attached hydrogen (secondary N) is 1. The van der Waals surface area contributed by atoms with Gasteiger partial charge < -0.3 is 18.9 Å². The van der Waals surface area contributed by atoms with Crippen LogP contribution in [0.3, 0.4) is 0 Å². The van der Waals surface area contributed by atoms with E-state index >= 15 is 0 Å². The second-order valence-corrected chi connectivity index (χ2v) is 6.05. The number of rotatable bonds is 5. The molecule has 1 heterocycles. The highest BCUT2D eigenvalue weighted by atomic mass is 16.7. The van der Waals surface area contributed by atoms with Crippen LogP contribution in [0.4, 0.5) is 0 Å². The van der Waals surface area contributed by atoms with Crippen LogP contribution in [0.1, 0.15) is 15.9 Å². The first-order chi connectivity index (χ1) is 13.7. The molecule has 1 aliphatic rings. The van der Waals surface area contributed by atoms with E-state index in [0.29, 0.717) is 34.1 Å². The zero-order valence-electron chi connectivity index (χ0n) is 15.4. The number of carbonyl (C=O) groups is 1. The Labute approximate surface area is 161 Å². The second-order valence-electron chi connectivity index (χ2n) is 6.05. The number of amides is 1. The third kappa shape index (κ3) is 3.29. The standard InChI is InChI=1S/C21H18N2O5/c1-25-17-10-20-19(27-12-28-20)9-15(17)11-22-23-21(24)16-7-13-5-3-4-6-14(13)8-18(16)26-2/h3-11H,12H2,1-2H3,(H,23,24)/b22-11-. The van der Waals surface area contributed by atoms with Gasteiger partial charge in [-0.15, -0.1) is 0 Å². The van der Waals surface area contributed by atoms with Gasteiger partial charge in [-0.25, -0.2) is 5.43 Å². The number of nitrogens with zero attached hydrogens (tertiary/aromatic N) is 1. The van der Waals surface area contributed by atoms with E-state index in [-0.39, 0.29) is 12.7 Å². The van der Waals surface area contributed by atoms with Crippen LogP contribution in [-0.4, -0.2) is 33.1 Å². The average molecular weight is 378 g/mol. The summed E-state index contributed by atoms with van der Waals surface area (Å²) in [5.74, 6) is 1.87. The first-order valence-electron chi connectivity index (χ1n) is 8.57. The first-order valence-corrected chi connectivity index (χ1v) is 8.57. The molecule has 0 saturated heterocycles. The molecule has 0 aromatic heterocycles. The Morgan fingerprint density at radius 2 is 1.68 bits per heavy atom. The third-order valence-corrected chi connectivity index (χ3v) is 4.41. The Kier molecular flexibility index (Phi) is 4.72. The molecule has 3 aromatic rings. The van der Waals surface area contributed by atoms with E-state index in [1.54, 1.807) is 25.3 Å². The lowest BCUT2D eigenvalue weighted by atomic mass is 10.1. The maximum atomic E-state index is 12.6. The van der Waals surface area contributed by atoms with Crippen LogP contribution in [0.5, 0.6) is 23.0 Å². The van der Waals surface area contributed by atoms with E-state index < -0.39 is 0 Å². The number of hydrogen-bond donors (Lipinski definition) is 1. The molecule has 7 nitrogen and oxygen atoms in total. The number of carbonyl (C=O) groups excluding carboxylic acids is 1. The van der Waals surface area contributed by atoms with Gasteiger partial charge in [-0.2, -0.15) is 5.10 Å². The molecule has 0 spiro atoms. The molecule has 7 heteroatoms. The topological polar surface area (TPSA) is 78.4 Å². The summed E-state index contributed by atoms with van der Waals surface area (Å²) in [5.41, 5.74) is 3.58. The molecule has 28 heavy (non-hydrogen) atoms. The summed E-state index contributed by atoms with van der Waals surface area (Å²) in [6, 6.07) is 14.8. The van der Waals surface area contributed by atoms with E-state index in [9.17, 15) is 4.79 Å². The molecule has 3 aromatic carbocycles. The van der Waals surface area contributed by atoms with Crippen molar-refractivity contribution in [3.63, 3.8) is 0 Å². The van der Waals surface area contributed by atoms with Crippen LogP contribution in [-0.2, 0) is 0 Å². The molecule has 0 aliphatic carbocycles. The molecule has 0 unspecified atom stereocenters. The molecular weight excluding hydrogens is 360 g/mol. The molecule has 1 aliphatic heterocycles. The van der Waals surface area contributed by atoms with Crippen LogP contribution in [0.15, 0.2) is 53.6 Å². The third-order valence-electron chi connectivity index (χ3n) is 4.41. The van der Waals surface area contributed by atoms with Gasteiger partial charge in [-0.05, 0) is 29.0 Å². The Morgan fingerprint density at radius 1 is 1.00 bits per heavy atom. The molecule has 0 radical (unpaired) electrons. The lowest BCUT2D eigenvalue weighted by molar-refractivity contribution is 0.0952. The maximum absolute atomic E-state index is 12.6. The number of hydrazone groups is 1. The minimum atomic E-state index is -0.376. The Balaban J connectivity index is 1.57. The molecule has 1 N–H and O–H groups in total. The lowest BCUT2D eigenvalue weighted by Gasteiger charge is -2.09. The maximum Gasteiger partial charge on any atom is 0.275 e. The summed E-state index contributed by atoms with van der Waals surface area (Å²) in [5, 5.41) is 5.98. The number of benzene rings is 3. The average Bonchev–Trinajstić information content (AvgIpc) is 3.19. The smallest absolute Gasteiger partial charge is 0.275 e. The van der Waals surface area contributed by atoms with Gasteiger partial charge in [-0.1, -0.05) is 24.3 Å². The Morgan fingerprint density at radius 3 is 2.39 bits per heavy atom. The highest BCUT2D eigenvalue weighted by Gasteiger charge is 2.17. The van der Waals surface area contributed by atoms with Gasteiger partial charge >= 0.3 is 0 Å². The van der Waals surface area contributed by atoms with E-state index in [0.717, 1.165) is 10.8 Å². The SMILES string of the molecule is COc1cc2c(cc1/C=N\NC(=O)c1cc3ccccc3cc1OC)OCO2. The zero-order chi connectivity index (χ0) is 19.5. The molecule has 0 bridgehead atoms. The van der Waals surface area contributed by atoms with Crippen molar-refractivity contribution < 1.29 is 23.7 Å². The highest BCUT2D eigenvalue weighted by molar-refractivity contribution is 6.02. The summed E-state index contributed by atoms with van der Waals surface area (Å²) in [7, 11) is 3.08. The molecule has 4 rings (SSSR count). The van der Waals surface area contributed by atoms with Gasteiger partial charge in [0.2, 0.25) is 6.79 Å². The largest absolute Gasteiger partial charge is 0.496 e. The van der Waals surface area contributed by atoms with Crippen molar-refractivity contribution in [1.82, 2.24) is 5.43 Å². The molecule has 142 valence electrons. The summed E-state index contributed by atoms with van der Waals surface area (Å²) >= 11 is 0. The number of ether oxygens (including phenoxy) is 4. The van der Waals surface area contributed by atoms with Gasteiger partial charge in [0.1, 0.15) is 11.5 Å². The van der Waals surface area contributed by atoms with Crippen LogP contribution in [0.2, 0.25) is 0 Å². The summed E-state index contributed by atoms with van der Waals surface area (Å²) in [4.78, 5) is 12.6. The molecular formula is C21H18N2O5. The van der Waals surface area contributed by atoms with Crippen LogP contribution in [0.25, 0.3) is 10.8 Å². The first kappa shape index (κ1) is 17.7. The molecule has 0 saturated carbocycles. The number of fused-ring (bicyclic) bond motifs is 2. The zero-order valence-corrected chi connectivity index (χ0v) is 15.4. The van der Waals surface area contributed by atoms with Crippen molar-refractivity contribution >= 4 is 22.9 Å². The fourth-order valence-corrected chi connectivity index (χ4v) is 3.00.